The Kier molecular flexibility index (Phi) is 7.08. The van der Waals surface area contributed by atoms with Crippen LogP contribution in [0.5, 0.6) is 0 Å². The number of nitrogens with one attached hydrogen (secondary N) is 2. The number of fused-ring (bicyclic) bond motifs is 1. The van der Waals surface area contributed by atoms with Crippen molar-refractivity contribution in [1.82, 2.24) is 10.3 Å². The molecule has 3 aliphatic rings. The molecule has 0 saturated carbocycles. The summed E-state index contributed by atoms with van der Waals surface area (Å²) < 4.78 is 0. The molecule has 1 aliphatic heterocycles. The van der Waals surface area contributed by atoms with Crippen LogP contribution in [-0.4, -0.2) is 50.9 Å². The number of allylic oxidation sites excluding steroid dienone is 3. The second kappa shape index (κ2) is 10.2. The molecule has 5 rings (SSSR count). The molecule has 1 aromatic carbocycles. The molecule has 204 valence electrons. The zero-order chi connectivity index (χ0) is 28.1. The Labute approximate surface area is 228 Å². The van der Waals surface area contributed by atoms with E-state index in [-0.39, 0.29) is 5.92 Å². The van der Waals surface area contributed by atoms with Gasteiger partial charge in [0.05, 0.1) is 6.10 Å². The molecule has 7 nitrogen and oxygen atoms in total. The summed E-state index contributed by atoms with van der Waals surface area (Å²) in [5.41, 5.74) is 2.46. The van der Waals surface area contributed by atoms with Gasteiger partial charge in [0.25, 0.3) is 0 Å². The maximum Gasteiger partial charge on any atom is 0.235 e. The molecular weight excluding hydrogens is 492 g/mol. The first-order chi connectivity index (χ1) is 18.6. The van der Waals surface area contributed by atoms with Crippen LogP contribution < -0.4 is 5.32 Å². The lowest BCUT2D eigenvalue weighted by molar-refractivity contribution is -0.144. The molecule has 0 radical (unpaired) electrons. The number of para-hydroxylation sites is 1. The van der Waals surface area contributed by atoms with Gasteiger partial charge in [0, 0.05) is 35.0 Å². The van der Waals surface area contributed by atoms with E-state index in [1.54, 1.807) is 6.92 Å². The molecule has 2 aromatic rings. The van der Waals surface area contributed by atoms with Crippen molar-refractivity contribution in [2.75, 3.05) is 0 Å². The van der Waals surface area contributed by atoms with Crippen LogP contribution >= 0.6 is 0 Å². The van der Waals surface area contributed by atoms with Crippen LogP contribution in [0.1, 0.15) is 39.7 Å². The normalized spacial score (nSPS) is 36.7. The van der Waals surface area contributed by atoms with Crippen molar-refractivity contribution < 1.29 is 24.6 Å². The molecular formula is C32H36N2O5. The maximum absolute atomic E-state index is 14.2. The first-order valence-corrected chi connectivity index (χ1v) is 13.6. The average Bonchev–Trinajstić information content (AvgIpc) is 3.45. The largest absolute Gasteiger partial charge is 0.388 e. The Morgan fingerprint density at radius 1 is 1.03 bits per heavy atom. The van der Waals surface area contributed by atoms with Crippen LogP contribution in [0, 0.1) is 23.2 Å². The van der Waals surface area contributed by atoms with E-state index in [9.17, 15) is 24.6 Å². The molecule has 1 amide bonds. The van der Waals surface area contributed by atoms with E-state index in [1.807, 2.05) is 69.5 Å². The van der Waals surface area contributed by atoms with Gasteiger partial charge in [-0.25, -0.2) is 0 Å². The highest BCUT2D eigenvalue weighted by Gasteiger charge is 2.66. The third kappa shape index (κ3) is 4.34. The Balaban J connectivity index is 1.65. The Morgan fingerprint density at radius 2 is 1.77 bits per heavy atom. The minimum Gasteiger partial charge on any atom is -0.388 e. The van der Waals surface area contributed by atoms with E-state index in [0.29, 0.717) is 18.4 Å². The van der Waals surface area contributed by atoms with E-state index in [4.69, 9.17) is 0 Å². The highest BCUT2D eigenvalue weighted by Crippen LogP contribution is 2.55. The number of ketones is 2. The summed E-state index contributed by atoms with van der Waals surface area (Å²) >= 11 is 0. The van der Waals surface area contributed by atoms with Gasteiger partial charge in [0.1, 0.15) is 11.5 Å². The van der Waals surface area contributed by atoms with Crippen molar-refractivity contribution in [3.63, 3.8) is 0 Å². The molecule has 2 aliphatic carbocycles. The number of aliphatic hydroxyl groups excluding tert-OH is 2. The zero-order valence-electron chi connectivity index (χ0n) is 22.8. The van der Waals surface area contributed by atoms with Crippen molar-refractivity contribution in [3.8, 4) is 0 Å². The Hall–Kier alpha value is -3.55. The van der Waals surface area contributed by atoms with Crippen molar-refractivity contribution in [2.45, 2.75) is 58.8 Å². The predicted octanol–water partition coefficient (Wildman–Crippen LogP) is 3.74. The van der Waals surface area contributed by atoms with Gasteiger partial charge in [0.15, 0.2) is 11.6 Å². The number of amides is 1. The van der Waals surface area contributed by atoms with E-state index in [1.165, 1.54) is 0 Å². The molecule has 1 aromatic heterocycles. The molecule has 2 heterocycles. The van der Waals surface area contributed by atoms with Crippen LogP contribution in [0.3, 0.4) is 0 Å². The minimum absolute atomic E-state index is 0.00187. The summed E-state index contributed by atoms with van der Waals surface area (Å²) in [4.78, 5) is 44.3. The molecule has 1 fully saturated rings. The average molecular weight is 529 g/mol. The van der Waals surface area contributed by atoms with Crippen molar-refractivity contribution in [2.24, 2.45) is 23.2 Å². The van der Waals surface area contributed by atoms with E-state index in [0.717, 1.165) is 39.8 Å². The lowest BCUT2D eigenvalue weighted by Gasteiger charge is -2.45. The van der Waals surface area contributed by atoms with Crippen molar-refractivity contribution in [1.29, 1.82) is 0 Å². The van der Waals surface area contributed by atoms with Gasteiger partial charge in [-0.15, -0.1) is 0 Å². The summed E-state index contributed by atoms with van der Waals surface area (Å²) in [7, 11) is 0. The number of rotatable bonds is 2. The molecule has 1 unspecified atom stereocenters. The first kappa shape index (κ1) is 27.0. The lowest BCUT2D eigenvalue weighted by atomic mass is 9.55. The highest BCUT2D eigenvalue weighted by molar-refractivity contribution is 6.15. The standard InChI is InChI=1S/C32H36N2O5/c1-17-8-7-10-23-30(38)20(4)19(3)28-25(15-21-16-33-24-11-6-5-9-22(21)24)34-31(39)32(23,28)27(36)13-12-26(35)29(37)18(2)14-17/h5-7,9-14,16-17,23,25,28-30,33,37-38H,8,15H2,1-4H3,(H,34,39)/b10-7+,13-12+,18-14-/t17-,23?,25-,28-,29-,30+,32+/m0/s1. The van der Waals surface area contributed by atoms with E-state index < -0.39 is 53.0 Å². The second-order valence-corrected chi connectivity index (χ2v) is 11.4. The van der Waals surface area contributed by atoms with Gasteiger partial charge in [-0.1, -0.05) is 48.9 Å². The van der Waals surface area contributed by atoms with Crippen molar-refractivity contribution in [3.05, 3.63) is 83.1 Å². The fourth-order valence-electron chi connectivity index (χ4n) is 6.88. The van der Waals surface area contributed by atoms with Crippen molar-refractivity contribution >= 4 is 28.4 Å². The van der Waals surface area contributed by atoms with E-state index in [2.05, 4.69) is 10.3 Å². The van der Waals surface area contributed by atoms with Crippen LogP contribution in [0.2, 0.25) is 0 Å². The summed E-state index contributed by atoms with van der Waals surface area (Å²) in [5.74, 6) is -2.94. The molecule has 4 N–H and O–H groups in total. The monoisotopic (exact) mass is 528 g/mol. The number of benzene rings is 1. The number of H-pyrrole nitrogens is 1. The quantitative estimate of drug-likeness (QED) is 0.350. The first-order valence-electron chi connectivity index (χ1n) is 13.6. The Bertz CT molecular complexity index is 1460. The van der Waals surface area contributed by atoms with Gasteiger partial charge in [0.2, 0.25) is 5.91 Å². The fourth-order valence-corrected chi connectivity index (χ4v) is 6.88. The van der Waals surface area contributed by atoms with Gasteiger partial charge in [-0.3, -0.25) is 14.4 Å². The SMILES string of the molecule is CC1=C(C)[C@H]2[C@H](Cc3c[nH]c4ccccc34)NC(=O)[C@]23C(=O)/C=C/C(=O)[C@@H](O)/C(C)=C\[C@@H](C)C/C=C/C3[C@@H]1O. The fraction of sp³-hybridized carbons (Fsp3) is 0.406. The van der Waals surface area contributed by atoms with E-state index >= 15 is 0 Å². The molecule has 7 atom stereocenters. The number of hydrogen-bond donors (Lipinski definition) is 4. The van der Waals surface area contributed by atoms with Crippen LogP contribution in [0.15, 0.2) is 77.6 Å². The maximum atomic E-state index is 14.2. The predicted molar refractivity (Wildman–Crippen MR) is 150 cm³/mol. The van der Waals surface area contributed by atoms with Crippen LogP contribution in [-0.2, 0) is 20.8 Å². The van der Waals surface area contributed by atoms with Gasteiger partial charge >= 0.3 is 0 Å². The summed E-state index contributed by atoms with van der Waals surface area (Å²) in [6.45, 7) is 7.40. The number of aliphatic hydroxyl groups is 2. The number of hydrogen-bond acceptors (Lipinski definition) is 5. The minimum atomic E-state index is -1.63. The lowest BCUT2D eigenvalue weighted by Crippen LogP contribution is -2.55. The summed E-state index contributed by atoms with van der Waals surface area (Å²) in [6.07, 6.45) is 8.34. The molecule has 1 saturated heterocycles. The molecule has 7 heteroatoms. The van der Waals surface area contributed by atoms with Gasteiger partial charge < -0.3 is 20.5 Å². The summed E-state index contributed by atoms with van der Waals surface area (Å²) in [5, 5.41) is 26.2. The number of aromatic nitrogens is 1. The summed E-state index contributed by atoms with van der Waals surface area (Å²) in [6, 6.07) is 7.55. The number of carbonyl (C=O) groups excluding carboxylic acids is 3. The van der Waals surface area contributed by atoms with Gasteiger partial charge in [-0.2, -0.15) is 0 Å². The van der Waals surface area contributed by atoms with Crippen LogP contribution in [0.25, 0.3) is 10.9 Å². The third-order valence-electron chi connectivity index (χ3n) is 9.00. The molecule has 0 bridgehead atoms. The van der Waals surface area contributed by atoms with Crippen LogP contribution in [0.4, 0.5) is 0 Å². The molecule has 1 spiro atoms. The Morgan fingerprint density at radius 3 is 2.54 bits per heavy atom. The highest BCUT2D eigenvalue weighted by atomic mass is 16.3. The zero-order valence-corrected chi connectivity index (χ0v) is 22.8. The van der Waals surface area contributed by atoms with Gasteiger partial charge in [-0.05, 0) is 74.5 Å². The second-order valence-electron chi connectivity index (χ2n) is 11.4. The third-order valence-corrected chi connectivity index (χ3v) is 9.00. The number of aromatic amines is 1. The topological polar surface area (TPSA) is 119 Å². The smallest absolute Gasteiger partial charge is 0.235 e. The molecule has 39 heavy (non-hydrogen) atoms. The number of carbonyl (C=O) groups is 3.